The molecule has 3 unspecified atom stereocenters. The first-order valence-corrected chi connectivity index (χ1v) is 7.39. The van der Waals surface area contributed by atoms with E-state index in [1.807, 2.05) is 6.26 Å². The highest BCUT2D eigenvalue weighted by Gasteiger charge is 2.57. The Morgan fingerprint density at radius 1 is 1.56 bits per heavy atom. The molecule has 2 aliphatic heterocycles. The molecule has 3 heterocycles. The molecule has 0 radical (unpaired) electrons. The van der Waals surface area contributed by atoms with Crippen molar-refractivity contribution in [3.63, 3.8) is 0 Å². The van der Waals surface area contributed by atoms with Gasteiger partial charge in [-0.2, -0.15) is 0 Å². The molecule has 1 aliphatic carbocycles. The summed E-state index contributed by atoms with van der Waals surface area (Å²) in [7, 11) is 0. The van der Waals surface area contributed by atoms with Crippen LogP contribution in [0, 0.1) is 5.92 Å². The predicted molar refractivity (Wildman–Crippen MR) is 69.5 cm³/mol. The summed E-state index contributed by atoms with van der Waals surface area (Å²) >= 11 is 0. The van der Waals surface area contributed by atoms with Crippen LogP contribution in [-0.4, -0.2) is 28.2 Å². The zero-order valence-corrected chi connectivity index (χ0v) is 11.4. The van der Waals surface area contributed by atoms with Gasteiger partial charge in [0, 0.05) is 23.1 Å². The molecule has 1 aromatic heterocycles. The van der Waals surface area contributed by atoms with E-state index in [2.05, 4.69) is 23.9 Å². The average molecular weight is 246 g/mol. The van der Waals surface area contributed by atoms with Crippen LogP contribution in [0.2, 0.25) is 0 Å². The monoisotopic (exact) mass is 246 g/mol. The van der Waals surface area contributed by atoms with E-state index in [0.29, 0.717) is 11.5 Å². The predicted octanol–water partition coefficient (Wildman–Crippen LogP) is 2.97. The zero-order valence-electron chi connectivity index (χ0n) is 11.4. The summed E-state index contributed by atoms with van der Waals surface area (Å²) in [5, 5.41) is 4.28. The standard InChI is InChI=1S/C15H22N2O/c1-10(2)7-15-4-3-5-17(15)13-6-11-9-18-16-14(11)12(13)8-15/h9-10,12-13H,3-8H2,1-2H3. The number of fused-ring (bicyclic) bond motifs is 5. The second kappa shape index (κ2) is 3.60. The molecule has 3 aliphatic rings. The molecule has 3 nitrogen and oxygen atoms in total. The first-order chi connectivity index (χ1) is 8.70. The Balaban J connectivity index is 1.68. The quantitative estimate of drug-likeness (QED) is 0.803. The van der Waals surface area contributed by atoms with Gasteiger partial charge in [-0.1, -0.05) is 19.0 Å². The maximum absolute atomic E-state index is 5.16. The molecule has 0 amide bonds. The molecule has 0 N–H and O–H groups in total. The van der Waals surface area contributed by atoms with Gasteiger partial charge in [0.25, 0.3) is 0 Å². The summed E-state index contributed by atoms with van der Waals surface area (Å²) in [4.78, 5) is 2.83. The normalized spacial score (nSPS) is 38.2. The Labute approximate surface area is 109 Å². The van der Waals surface area contributed by atoms with E-state index in [0.717, 1.165) is 12.0 Å². The lowest BCUT2D eigenvalue weighted by Gasteiger charge is -2.36. The van der Waals surface area contributed by atoms with Crippen LogP contribution < -0.4 is 0 Å². The highest BCUT2D eigenvalue weighted by atomic mass is 16.5. The lowest BCUT2D eigenvalue weighted by atomic mass is 9.82. The molecule has 3 heteroatoms. The van der Waals surface area contributed by atoms with Gasteiger partial charge in [0.15, 0.2) is 0 Å². The number of hydrogen-bond acceptors (Lipinski definition) is 3. The van der Waals surface area contributed by atoms with Crippen molar-refractivity contribution >= 4 is 0 Å². The summed E-state index contributed by atoms with van der Waals surface area (Å²) in [6, 6.07) is 0.722. The largest absolute Gasteiger partial charge is 0.364 e. The van der Waals surface area contributed by atoms with Gasteiger partial charge in [-0.15, -0.1) is 0 Å². The summed E-state index contributed by atoms with van der Waals surface area (Å²) in [5.74, 6) is 1.44. The number of nitrogens with zero attached hydrogens (tertiary/aromatic N) is 2. The lowest BCUT2D eigenvalue weighted by Crippen LogP contribution is -2.43. The van der Waals surface area contributed by atoms with Crippen LogP contribution in [0.1, 0.15) is 56.7 Å². The van der Waals surface area contributed by atoms with Gasteiger partial charge in [0.1, 0.15) is 6.26 Å². The van der Waals surface area contributed by atoms with E-state index in [1.165, 1.54) is 49.9 Å². The molecule has 2 saturated heterocycles. The molecule has 0 saturated carbocycles. The van der Waals surface area contributed by atoms with Gasteiger partial charge >= 0.3 is 0 Å². The van der Waals surface area contributed by atoms with Crippen molar-refractivity contribution in [1.82, 2.24) is 10.1 Å². The topological polar surface area (TPSA) is 29.3 Å². The van der Waals surface area contributed by atoms with Crippen molar-refractivity contribution < 1.29 is 4.52 Å². The van der Waals surface area contributed by atoms with Gasteiger partial charge in [-0.25, -0.2) is 0 Å². The molecular formula is C15H22N2O. The Hall–Kier alpha value is -0.830. The van der Waals surface area contributed by atoms with Crippen molar-refractivity contribution in [1.29, 1.82) is 0 Å². The Bertz CT molecular complexity index is 467. The third kappa shape index (κ3) is 1.31. The van der Waals surface area contributed by atoms with Gasteiger partial charge in [0.05, 0.1) is 5.69 Å². The lowest BCUT2D eigenvalue weighted by molar-refractivity contribution is 0.126. The van der Waals surface area contributed by atoms with E-state index in [1.54, 1.807) is 0 Å². The maximum Gasteiger partial charge on any atom is 0.127 e. The molecule has 1 aromatic rings. The first kappa shape index (κ1) is 11.0. The van der Waals surface area contributed by atoms with E-state index in [9.17, 15) is 0 Å². The van der Waals surface area contributed by atoms with E-state index >= 15 is 0 Å². The second-order valence-electron chi connectivity index (χ2n) is 6.93. The van der Waals surface area contributed by atoms with Crippen LogP contribution in [0.3, 0.4) is 0 Å². The Kier molecular flexibility index (Phi) is 2.20. The molecular weight excluding hydrogens is 224 g/mol. The van der Waals surface area contributed by atoms with Crippen LogP contribution >= 0.6 is 0 Å². The number of rotatable bonds is 2. The van der Waals surface area contributed by atoms with Crippen LogP contribution in [-0.2, 0) is 6.42 Å². The van der Waals surface area contributed by atoms with Crippen LogP contribution in [0.5, 0.6) is 0 Å². The minimum Gasteiger partial charge on any atom is -0.364 e. The van der Waals surface area contributed by atoms with Crippen molar-refractivity contribution in [3.8, 4) is 0 Å². The van der Waals surface area contributed by atoms with Gasteiger partial charge < -0.3 is 4.52 Å². The van der Waals surface area contributed by atoms with E-state index < -0.39 is 0 Å². The third-order valence-corrected chi connectivity index (χ3v) is 5.36. The molecule has 0 aromatic carbocycles. The molecule has 2 fully saturated rings. The highest BCUT2D eigenvalue weighted by molar-refractivity contribution is 5.34. The average Bonchev–Trinajstić information content (AvgIpc) is 2.95. The highest BCUT2D eigenvalue weighted by Crippen LogP contribution is 2.55. The third-order valence-electron chi connectivity index (χ3n) is 5.36. The molecule has 3 atom stereocenters. The minimum absolute atomic E-state index is 0.486. The van der Waals surface area contributed by atoms with Crippen molar-refractivity contribution in [2.24, 2.45) is 5.92 Å². The first-order valence-electron chi connectivity index (χ1n) is 7.39. The molecule has 4 rings (SSSR count). The number of hydrogen-bond donors (Lipinski definition) is 0. The smallest absolute Gasteiger partial charge is 0.127 e. The van der Waals surface area contributed by atoms with E-state index in [4.69, 9.17) is 4.52 Å². The SMILES string of the molecule is CC(C)CC12CCCN1C1Cc3conc3C1C2. The summed E-state index contributed by atoms with van der Waals surface area (Å²) in [5.41, 5.74) is 3.13. The maximum atomic E-state index is 5.16. The fourth-order valence-corrected chi connectivity index (χ4v) is 5.00. The van der Waals surface area contributed by atoms with Gasteiger partial charge in [-0.05, 0) is 44.6 Å². The van der Waals surface area contributed by atoms with Crippen LogP contribution in [0.15, 0.2) is 10.8 Å². The van der Waals surface area contributed by atoms with Crippen LogP contribution in [0.25, 0.3) is 0 Å². The van der Waals surface area contributed by atoms with Crippen molar-refractivity contribution in [3.05, 3.63) is 17.5 Å². The zero-order chi connectivity index (χ0) is 12.3. The van der Waals surface area contributed by atoms with Gasteiger partial charge in [0.2, 0.25) is 0 Å². The van der Waals surface area contributed by atoms with Crippen molar-refractivity contribution in [2.45, 2.75) is 63.5 Å². The summed E-state index contributed by atoms with van der Waals surface area (Å²) < 4.78 is 5.16. The fraction of sp³-hybridized carbons (Fsp3) is 0.800. The molecule has 98 valence electrons. The molecule has 18 heavy (non-hydrogen) atoms. The second-order valence-corrected chi connectivity index (χ2v) is 6.93. The van der Waals surface area contributed by atoms with Crippen molar-refractivity contribution in [2.75, 3.05) is 6.54 Å². The summed E-state index contributed by atoms with van der Waals surface area (Å²) in [6.45, 7) is 6.02. The fourth-order valence-electron chi connectivity index (χ4n) is 5.00. The summed E-state index contributed by atoms with van der Waals surface area (Å²) in [6.07, 6.45) is 8.49. The van der Waals surface area contributed by atoms with Gasteiger partial charge in [-0.3, -0.25) is 4.90 Å². The number of aromatic nitrogens is 1. The Morgan fingerprint density at radius 2 is 2.44 bits per heavy atom. The molecule has 0 spiro atoms. The van der Waals surface area contributed by atoms with E-state index in [-0.39, 0.29) is 0 Å². The Morgan fingerprint density at radius 3 is 3.28 bits per heavy atom. The minimum atomic E-state index is 0.486. The van der Waals surface area contributed by atoms with Crippen LogP contribution in [0.4, 0.5) is 0 Å². The molecule has 0 bridgehead atoms.